The molecule has 0 fully saturated rings. The van der Waals surface area contributed by atoms with Crippen LogP contribution in [0.15, 0.2) is 36.4 Å². The Kier molecular flexibility index (Phi) is 4.64. The number of hydrogen-bond acceptors (Lipinski definition) is 3. The molecule has 0 spiro atoms. The molecule has 0 bridgehead atoms. The lowest BCUT2D eigenvalue weighted by Gasteiger charge is -2.16. The number of fused-ring (bicyclic) bond motifs is 1. The molecule has 0 saturated heterocycles. The van der Waals surface area contributed by atoms with Crippen LogP contribution in [-0.2, 0) is 12.8 Å². The van der Waals surface area contributed by atoms with Gasteiger partial charge < -0.3 is 4.74 Å². The van der Waals surface area contributed by atoms with Gasteiger partial charge in [0.15, 0.2) is 12.4 Å². The van der Waals surface area contributed by atoms with Crippen molar-refractivity contribution < 1.29 is 9.53 Å². The lowest BCUT2D eigenvalue weighted by atomic mass is 9.90. The van der Waals surface area contributed by atoms with Crippen molar-refractivity contribution in [3.63, 3.8) is 0 Å². The molecular weight excluding hydrogens is 310 g/mol. The molecule has 3 rings (SSSR count). The predicted octanol–water partition coefficient (Wildman–Crippen LogP) is 4.35. The van der Waals surface area contributed by atoms with Gasteiger partial charge >= 0.3 is 0 Å². The van der Waals surface area contributed by atoms with Crippen LogP contribution in [0.3, 0.4) is 0 Å². The molecule has 0 heterocycles. The van der Waals surface area contributed by atoms with Gasteiger partial charge in [0.05, 0.1) is 16.7 Å². The van der Waals surface area contributed by atoms with Gasteiger partial charge in [0, 0.05) is 5.56 Å². The van der Waals surface area contributed by atoms with E-state index >= 15 is 0 Å². The van der Waals surface area contributed by atoms with Crippen molar-refractivity contribution in [2.45, 2.75) is 25.7 Å². The molecule has 0 radical (unpaired) electrons. The van der Waals surface area contributed by atoms with Crippen LogP contribution in [0.2, 0.25) is 5.02 Å². The molecule has 1 aliphatic carbocycles. The van der Waals surface area contributed by atoms with Gasteiger partial charge in [0.25, 0.3) is 0 Å². The molecule has 0 saturated carbocycles. The van der Waals surface area contributed by atoms with E-state index < -0.39 is 0 Å². The van der Waals surface area contributed by atoms with E-state index in [1.165, 1.54) is 30.0 Å². The fourth-order valence-corrected chi connectivity index (χ4v) is 3.06. The smallest absolute Gasteiger partial charge is 0.200 e. The van der Waals surface area contributed by atoms with Crippen molar-refractivity contribution in [3.05, 3.63) is 63.7 Å². The van der Waals surface area contributed by atoms with Crippen LogP contribution in [-0.4, -0.2) is 12.4 Å². The molecule has 0 unspecified atom stereocenters. The largest absolute Gasteiger partial charge is 0.484 e. The number of hydrogen-bond donors (Lipinski definition) is 0. The van der Waals surface area contributed by atoms with Gasteiger partial charge in [-0.3, -0.25) is 4.79 Å². The molecule has 0 amide bonds. The van der Waals surface area contributed by atoms with E-state index in [9.17, 15) is 4.79 Å². The van der Waals surface area contributed by atoms with Crippen LogP contribution in [0.1, 0.15) is 39.9 Å². The molecule has 1 aliphatic rings. The fourth-order valence-electron chi connectivity index (χ4n) is 2.82. The first kappa shape index (κ1) is 15.6. The zero-order chi connectivity index (χ0) is 16.2. The highest BCUT2D eigenvalue weighted by Gasteiger charge is 2.14. The van der Waals surface area contributed by atoms with E-state index in [-0.39, 0.29) is 12.4 Å². The maximum atomic E-state index is 12.3. The van der Waals surface area contributed by atoms with Gasteiger partial charge in [0.2, 0.25) is 0 Å². The zero-order valence-electron chi connectivity index (χ0n) is 12.6. The summed E-state index contributed by atoms with van der Waals surface area (Å²) in [5.74, 6) is 0.343. The Hall–Kier alpha value is -2.31. The second-order valence-electron chi connectivity index (χ2n) is 5.66. The molecule has 23 heavy (non-hydrogen) atoms. The third-order valence-corrected chi connectivity index (χ3v) is 4.39. The average molecular weight is 326 g/mol. The summed E-state index contributed by atoms with van der Waals surface area (Å²) >= 11 is 6.05. The summed E-state index contributed by atoms with van der Waals surface area (Å²) in [4.78, 5) is 12.3. The van der Waals surface area contributed by atoms with E-state index in [1.54, 1.807) is 12.1 Å². The number of nitrogens with zero attached hydrogens (tertiary/aromatic N) is 1. The Morgan fingerprint density at radius 1 is 1.13 bits per heavy atom. The number of ketones is 1. The van der Waals surface area contributed by atoms with Crippen molar-refractivity contribution in [2.75, 3.05) is 6.61 Å². The number of halogens is 1. The summed E-state index contributed by atoms with van der Waals surface area (Å²) in [7, 11) is 0. The van der Waals surface area contributed by atoms with Crippen LogP contribution in [0, 0.1) is 11.3 Å². The standard InChI is InChI=1S/C19H16ClNO2/c20-17-9-13(11-21)5-8-19(17)23-12-18(22)16-7-6-14-3-1-2-4-15(14)10-16/h5-10H,1-4,12H2. The minimum atomic E-state index is -0.0706. The maximum absolute atomic E-state index is 12.3. The monoisotopic (exact) mass is 325 g/mol. The zero-order valence-corrected chi connectivity index (χ0v) is 13.4. The quantitative estimate of drug-likeness (QED) is 0.785. The van der Waals surface area contributed by atoms with Crippen molar-refractivity contribution in [1.29, 1.82) is 5.26 Å². The number of Topliss-reactive ketones (excluding diaryl/α,β-unsaturated/α-hetero) is 1. The maximum Gasteiger partial charge on any atom is 0.200 e. The Morgan fingerprint density at radius 3 is 2.65 bits per heavy atom. The third kappa shape index (κ3) is 3.55. The Bertz CT molecular complexity index is 792. The number of carbonyl (C=O) groups excluding carboxylic acids is 1. The summed E-state index contributed by atoms with van der Waals surface area (Å²) in [5, 5.41) is 9.15. The summed E-state index contributed by atoms with van der Waals surface area (Å²) in [6.07, 6.45) is 4.54. The minimum absolute atomic E-state index is 0.0651. The average Bonchev–Trinajstić information content (AvgIpc) is 2.59. The fraction of sp³-hybridized carbons (Fsp3) is 0.263. The SMILES string of the molecule is N#Cc1ccc(OCC(=O)c2ccc3c(c2)CCCC3)c(Cl)c1. The molecule has 2 aromatic carbocycles. The molecule has 2 aromatic rings. The molecule has 3 nitrogen and oxygen atoms in total. The van der Waals surface area contributed by atoms with Crippen molar-refractivity contribution in [3.8, 4) is 11.8 Å². The lowest BCUT2D eigenvalue weighted by Crippen LogP contribution is -2.13. The highest BCUT2D eigenvalue weighted by Crippen LogP contribution is 2.26. The van der Waals surface area contributed by atoms with Gasteiger partial charge in [0.1, 0.15) is 5.75 Å². The van der Waals surface area contributed by atoms with Gasteiger partial charge in [-0.2, -0.15) is 5.26 Å². The van der Waals surface area contributed by atoms with Crippen molar-refractivity contribution in [1.82, 2.24) is 0 Å². The van der Waals surface area contributed by atoms with E-state index in [0.717, 1.165) is 12.8 Å². The third-order valence-electron chi connectivity index (χ3n) is 4.09. The number of ether oxygens (including phenoxy) is 1. The topological polar surface area (TPSA) is 50.1 Å². The summed E-state index contributed by atoms with van der Waals surface area (Å²) in [5.41, 5.74) is 3.76. The minimum Gasteiger partial charge on any atom is -0.484 e. The highest BCUT2D eigenvalue weighted by molar-refractivity contribution is 6.32. The first-order chi connectivity index (χ1) is 11.2. The molecule has 0 aliphatic heterocycles. The number of nitriles is 1. The Morgan fingerprint density at radius 2 is 1.91 bits per heavy atom. The van der Waals surface area contributed by atoms with E-state index in [1.807, 2.05) is 18.2 Å². The van der Waals surface area contributed by atoms with Crippen molar-refractivity contribution in [2.24, 2.45) is 0 Å². The lowest BCUT2D eigenvalue weighted by molar-refractivity contribution is 0.0921. The van der Waals surface area contributed by atoms with Crippen LogP contribution in [0.4, 0.5) is 0 Å². The molecule has 0 atom stereocenters. The van der Waals surface area contributed by atoms with Crippen LogP contribution in [0.25, 0.3) is 0 Å². The highest BCUT2D eigenvalue weighted by atomic mass is 35.5. The molecule has 0 N–H and O–H groups in total. The molecular formula is C19H16ClNO2. The predicted molar refractivity (Wildman–Crippen MR) is 89.1 cm³/mol. The van der Waals surface area contributed by atoms with Crippen molar-refractivity contribution >= 4 is 17.4 Å². The van der Waals surface area contributed by atoms with E-state index in [2.05, 4.69) is 6.07 Å². The van der Waals surface area contributed by atoms with Gasteiger partial charge in [-0.05, 0) is 61.1 Å². The summed E-state index contributed by atoms with van der Waals surface area (Å²) in [6, 6.07) is 12.7. The second-order valence-corrected chi connectivity index (χ2v) is 6.07. The number of rotatable bonds is 4. The summed E-state index contributed by atoms with van der Waals surface area (Å²) < 4.78 is 5.51. The normalized spacial score (nSPS) is 13.0. The van der Waals surface area contributed by atoms with E-state index in [0.29, 0.717) is 21.9 Å². The Labute approximate surface area is 140 Å². The van der Waals surface area contributed by atoms with Gasteiger partial charge in [-0.25, -0.2) is 0 Å². The molecule has 0 aromatic heterocycles. The van der Waals surface area contributed by atoms with Crippen LogP contribution < -0.4 is 4.74 Å². The molecule has 116 valence electrons. The molecule has 4 heteroatoms. The number of carbonyl (C=O) groups is 1. The van der Waals surface area contributed by atoms with Gasteiger partial charge in [-0.1, -0.05) is 23.7 Å². The first-order valence-corrected chi connectivity index (χ1v) is 8.02. The number of benzene rings is 2. The Balaban J connectivity index is 1.69. The number of aryl methyl sites for hydroxylation is 2. The second kappa shape index (κ2) is 6.85. The van der Waals surface area contributed by atoms with Crippen LogP contribution >= 0.6 is 11.6 Å². The van der Waals surface area contributed by atoms with Crippen LogP contribution in [0.5, 0.6) is 5.75 Å². The van der Waals surface area contributed by atoms with E-state index in [4.69, 9.17) is 21.6 Å². The summed E-state index contributed by atoms with van der Waals surface area (Å²) in [6.45, 7) is -0.0651. The first-order valence-electron chi connectivity index (χ1n) is 7.65. The van der Waals surface area contributed by atoms with Gasteiger partial charge in [-0.15, -0.1) is 0 Å².